The van der Waals surface area contributed by atoms with Crippen molar-refractivity contribution in [1.29, 1.82) is 0 Å². The molecule has 0 saturated heterocycles. The third-order valence-corrected chi connectivity index (χ3v) is 5.85. The molecule has 4 rings (SSSR count). The van der Waals surface area contributed by atoms with Crippen LogP contribution in [-0.2, 0) is 6.42 Å². The largest absolute Gasteiger partial charge is 0.493 e. The molecule has 31 heavy (non-hydrogen) atoms. The number of hydrogen-bond donors (Lipinski definition) is 0. The van der Waals surface area contributed by atoms with Crippen molar-refractivity contribution in [3.8, 4) is 11.5 Å². The van der Waals surface area contributed by atoms with Crippen molar-refractivity contribution in [2.24, 2.45) is 0 Å². The zero-order chi connectivity index (χ0) is 22.1. The summed E-state index contributed by atoms with van der Waals surface area (Å²) in [5, 5.41) is 0.498. The SMILES string of the molecule is COc1cc2c(cc1OC)[C@H](c1ccccc1Cl)N(C(=O)c1ccc(F)c(F)c1)CC2. The van der Waals surface area contributed by atoms with E-state index in [9.17, 15) is 13.6 Å². The van der Waals surface area contributed by atoms with Crippen molar-refractivity contribution in [2.75, 3.05) is 20.8 Å². The molecule has 0 unspecified atom stereocenters. The Hall–Kier alpha value is -3.12. The number of carbonyl (C=O) groups is 1. The molecule has 0 fully saturated rings. The lowest BCUT2D eigenvalue weighted by atomic mass is 9.87. The topological polar surface area (TPSA) is 38.8 Å². The molecule has 0 spiro atoms. The van der Waals surface area contributed by atoms with Gasteiger partial charge in [-0.1, -0.05) is 29.8 Å². The van der Waals surface area contributed by atoms with Gasteiger partial charge in [0, 0.05) is 17.1 Å². The number of amides is 1. The third-order valence-electron chi connectivity index (χ3n) is 5.50. The molecule has 1 amide bonds. The van der Waals surface area contributed by atoms with Gasteiger partial charge in [-0.15, -0.1) is 0 Å². The molecule has 0 saturated carbocycles. The molecule has 1 heterocycles. The van der Waals surface area contributed by atoms with Crippen LogP contribution in [0.2, 0.25) is 5.02 Å². The van der Waals surface area contributed by atoms with E-state index in [1.54, 1.807) is 25.2 Å². The minimum Gasteiger partial charge on any atom is -0.493 e. The Balaban J connectivity index is 1.87. The molecule has 0 N–H and O–H groups in total. The smallest absolute Gasteiger partial charge is 0.254 e. The van der Waals surface area contributed by atoms with Crippen LogP contribution in [0.3, 0.4) is 0 Å². The van der Waals surface area contributed by atoms with E-state index in [4.69, 9.17) is 21.1 Å². The van der Waals surface area contributed by atoms with E-state index in [2.05, 4.69) is 0 Å². The van der Waals surface area contributed by atoms with Crippen molar-refractivity contribution in [1.82, 2.24) is 4.90 Å². The summed E-state index contributed by atoms with van der Waals surface area (Å²) in [5.41, 5.74) is 2.64. The number of halogens is 3. The van der Waals surface area contributed by atoms with Gasteiger partial charge in [-0.05, 0) is 59.5 Å². The molecular formula is C24H20ClF2NO3. The first-order chi connectivity index (χ1) is 14.9. The predicted molar refractivity (Wildman–Crippen MR) is 114 cm³/mol. The fraction of sp³-hybridized carbons (Fsp3) is 0.208. The van der Waals surface area contributed by atoms with Crippen LogP contribution in [0, 0.1) is 11.6 Å². The monoisotopic (exact) mass is 443 g/mol. The van der Waals surface area contributed by atoms with Gasteiger partial charge in [0.05, 0.1) is 20.3 Å². The summed E-state index contributed by atoms with van der Waals surface area (Å²) >= 11 is 6.51. The lowest BCUT2D eigenvalue weighted by molar-refractivity contribution is 0.0693. The highest BCUT2D eigenvalue weighted by atomic mass is 35.5. The van der Waals surface area contributed by atoms with Crippen LogP contribution in [-0.4, -0.2) is 31.6 Å². The molecule has 7 heteroatoms. The van der Waals surface area contributed by atoms with Gasteiger partial charge in [-0.2, -0.15) is 0 Å². The first kappa shape index (κ1) is 21.1. The van der Waals surface area contributed by atoms with Crippen molar-refractivity contribution < 1.29 is 23.0 Å². The summed E-state index contributed by atoms with van der Waals surface area (Å²) < 4.78 is 38.1. The van der Waals surface area contributed by atoms with Gasteiger partial charge in [-0.3, -0.25) is 4.79 Å². The first-order valence-electron chi connectivity index (χ1n) is 9.69. The van der Waals surface area contributed by atoms with Crippen molar-refractivity contribution in [3.63, 3.8) is 0 Å². The maximum atomic E-state index is 13.8. The molecule has 1 atom stereocenters. The van der Waals surface area contributed by atoms with E-state index in [1.807, 2.05) is 30.3 Å². The predicted octanol–water partition coefficient (Wildman–Crippen LogP) is 5.42. The van der Waals surface area contributed by atoms with E-state index in [0.29, 0.717) is 29.5 Å². The average molecular weight is 444 g/mol. The third kappa shape index (κ3) is 3.83. The van der Waals surface area contributed by atoms with Gasteiger partial charge >= 0.3 is 0 Å². The van der Waals surface area contributed by atoms with Gasteiger partial charge in [0.1, 0.15) is 0 Å². The van der Waals surface area contributed by atoms with Crippen LogP contribution < -0.4 is 9.47 Å². The van der Waals surface area contributed by atoms with Gasteiger partial charge in [0.15, 0.2) is 23.1 Å². The highest BCUT2D eigenvalue weighted by molar-refractivity contribution is 6.31. The molecule has 0 aliphatic carbocycles. The quantitative estimate of drug-likeness (QED) is 0.540. The molecule has 1 aliphatic heterocycles. The van der Waals surface area contributed by atoms with Crippen LogP contribution >= 0.6 is 11.6 Å². The van der Waals surface area contributed by atoms with Crippen LogP contribution in [0.5, 0.6) is 11.5 Å². The fourth-order valence-corrected chi connectivity index (χ4v) is 4.23. The molecule has 160 valence electrons. The van der Waals surface area contributed by atoms with Crippen LogP contribution in [0.4, 0.5) is 8.78 Å². The second-order valence-electron chi connectivity index (χ2n) is 7.21. The normalized spacial score (nSPS) is 15.4. The molecule has 3 aromatic carbocycles. The number of rotatable bonds is 4. The lowest BCUT2D eigenvalue weighted by Gasteiger charge is -2.38. The maximum Gasteiger partial charge on any atom is 0.254 e. The number of benzene rings is 3. The summed E-state index contributed by atoms with van der Waals surface area (Å²) in [5.74, 6) is -1.35. The van der Waals surface area contributed by atoms with E-state index < -0.39 is 23.6 Å². The van der Waals surface area contributed by atoms with Crippen molar-refractivity contribution >= 4 is 17.5 Å². The Morgan fingerprint density at radius 3 is 2.35 bits per heavy atom. The minimum atomic E-state index is -1.07. The molecule has 4 nitrogen and oxygen atoms in total. The fourth-order valence-electron chi connectivity index (χ4n) is 3.99. The molecule has 1 aliphatic rings. The van der Waals surface area contributed by atoms with Gasteiger partial charge in [-0.25, -0.2) is 8.78 Å². The molecule has 0 bridgehead atoms. The summed E-state index contributed by atoms with van der Waals surface area (Å²) in [7, 11) is 3.11. The summed E-state index contributed by atoms with van der Waals surface area (Å²) in [6.07, 6.45) is 0.562. The lowest BCUT2D eigenvalue weighted by Crippen LogP contribution is -2.40. The minimum absolute atomic E-state index is 0.0693. The number of fused-ring (bicyclic) bond motifs is 1. The second-order valence-corrected chi connectivity index (χ2v) is 7.61. The van der Waals surface area contributed by atoms with E-state index in [-0.39, 0.29) is 5.56 Å². The number of nitrogens with zero attached hydrogens (tertiary/aromatic N) is 1. The number of methoxy groups -OCH3 is 2. The van der Waals surface area contributed by atoms with Crippen LogP contribution in [0.15, 0.2) is 54.6 Å². The van der Waals surface area contributed by atoms with Crippen molar-refractivity contribution in [3.05, 3.63) is 93.5 Å². The Kier molecular flexibility index (Phi) is 5.83. The molecule has 3 aromatic rings. The van der Waals surface area contributed by atoms with E-state index >= 15 is 0 Å². The first-order valence-corrected chi connectivity index (χ1v) is 10.1. The van der Waals surface area contributed by atoms with Gasteiger partial charge < -0.3 is 14.4 Å². The van der Waals surface area contributed by atoms with Crippen LogP contribution in [0.25, 0.3) is 0 Å². The van der Waals surface area contributed by atoms with E-state index in [0.717, 1.165) is 28.8 Å². The number of carbonyl (C=O) groups excluding carboxylic acids is 1. The molecular weight excluding hydrogens is 424 g/mol. The van der Waals surface area contributed by atoms with Crippen molar-refractivity contribution in [2.45, 2.75) is 12.5 Å². The highest BCUT2D eigenvalue weighted by Crippen LogP contribution is 2.43. The Morgan fingerprint density at radius 2 is 1.68 bits per heavy atom. The average Bonchev–Trinajstić information content (AvgIpc) is 2.79. The highest BCUT2D eigenvalue weighted by Gasteiger charge is 2.35. The molecule has 0 radical (unpaired) electrons. The Morgan fingerprint density at radius 1 is 0.968 bits per heavy atom. The van der Waals surface area contributed by atoms with E-state index in [1.165, 1.54) is 6.07 Å². The summed E-state index contributed by atoms with van der Waals surface area (Å²) in [6.45, 7) is 0.371. The zero-order valence-corrected chi connectivity index (χ0v) is 17.7. The Bertz CT molecular complexity index is 1150. The summed E-state index contributed by atoms with van der Waals surface area (Å²) in [6, 6.07) is 13.6. The maximum absolute atomic E-state index is 13.8. The van der Waals surface area contributed by atoms with Gasteiger partial charge in [0.2, 0.25) is 0 Å². The zero-order valence-electron chi connectivity index (χ0n) is 17.0. The van der Waals surface area contributed by atoms with Gasteiger partial charge in [0.25, 0.3) is 5.91 Å². The summed E-state index contributed by atoms with van der Waals surface area (Å²) in [4.78, 5) is 15.0. The molecule has 0 aromatic heterocycles. The Labute approximate surface area is 184 Å². The van der Waals surface area contributed by atoms with Crippen LogP contribution in [0.1, 0.15) is 33.1 Å². The second kappa shape index (κ2) is 8.55. The standard InChI is InChI=1S/C24H20ClF2NO3/c1-30-21-12-14-9-10-28(24(29)15-7-8-19(26)20(27)11-15)23(17(14)13-22(21)31-2)16-5-3-4-6-18(16)25/h3-8,11-13,23H,9-10H2,1-2H3/t23-/m0/s1. The number of hydrogen-bond acceptors (Lipinski definition) is 3. The number of ether oxygens (including phenoxy) is 2.